The van der Waals surface area contributed by atoms with Crippen molar-refractivity contribution < 1.29 is 14.3 Å². The molecule has 0 saturated carbocycles. The summed E-state index contributed by atoms with van der Waals surface area (Å²) in [4.78, 5) is 40.7. The fraction of sp³-hybridized carbons (Fsp3) is 0.333. The molecule has 0 aromatic carbocycles. The molecule has 0 unspecified atom stereocenters. The monoisotopic (exact) mass is 739 g/mol. The maximum Gasteiger partial charge on any atom is 0.359 e. The van der Waals surface area contributed by atoms with Crippen molar-refractivity contribution in [3.63, 3.8) is 0 Å². The van der Waals surface area contributed by atoms with Crippen molar-refractivity contribution in [3.8, 4) is 22.8 Å². The van der Waals surface area contributed by atoms with Crippen LogP contribution in [0, 0.1) is 7.66 Å². The Balaban J connectivity index is 0.000000156. The topological polar surface area (TPSA) is 157 Å². The molecule has 1 amide bonds. The number of nitrogens with zero attached hydrogens (tertiary/aromatic N) is 8. The quantitative estimate of drug-likeness (QED) is 0.190. The van der Waals surface area contributed by atoms with Crippen molar-refractivity contribution in [2.75, 3.05) is 6.61 Å². The molecule has 0 aliphatic heterocycles. The first-order chi connectivity index (χ1) is 18.2. The van der Waals surface area contributed by atoms with Gasteiger partial charge in [0, 0.05) is 82.8 Å². The first kappa shape index (κ1) is 26.6. The minimum Gasteiger partial charge on any atom is -0.461 e. The highest BCUT2D eigenvalue weighted by molar-refractivity contribution is 14.1. The molecule has 0 spiro atoms. The number of nitrogens with two attached hydrogens (primary N) is 1. The van der Waals surface area contributed by atoms with Crippen LogP contribution in [0.15, 0.2) is 12.4 Å². The van der Waals surface area contributed by atoms with Crippen LogP contribution in [0.25, 0.3) is 22.8 Å². The Morgan fingerprint density at radius 2 is 1.34 bits per heavy atom. The number of halogens is 2. The molecule has 2 aliphatic rings. The summed E-state index contributed by atoms with van der Waals surface area (Å²) >= 11 is 4.16. The van der Waals surface area contributed by atoms with E-state index in [1.807, 2.05) is 19.4 Å². The molecule has 196 valence electrons. The number of hydrogen-bond acceptors (Lipinski definition) is 9. The number of aromatic nitrogens is 8. The highest BCUT2D eigenvalue weighted by Crippen LogP contribution is 2.34. The van der Waals surface area contributed by atoms with E-state index >= 15 is 0 Å². The van der Waals surface area contributed by atoms with E-state index in [-0.39, 0.29) is 5.97 Å². The third-order valence-corrected chi connectivity index (χ3v) is 7.44. The van der Waals surface area contributed by atoms with Crippen molar-refractivity contribution in [1.29, 1.82) is 0 Å². The number of carbonyl (C=O) groups excluding carboxylic acids is 2. The summed E-state index contributed by atoms with van der Waals surface area (Å²) < 4.78 is 9.83. The van der Waals surface area contributed by atoms with E-state index in [1.54, 1.807) is 23.3 Å². The first-order valence-electron chi connectivity index (χ1n) is 11.8. The average molecular weight is 739 g/mol. The van der Waals surface area contributed by atoms with Crippen LogP contribution < -0.4 is 5.73 Å². The molecule has 0 saturated heterocycles. The Morgan fingerprint density at radius 1 is 0.868 bits per heavy atom. The van der Waals surface area contributed by atoms with E-state index in [2.05, 4.69) is 75.3 Å². The molecule has 14 heteroatoms. The first-order valence-corrected chi connectivity index (χ1v) is 14.0. The molecule has 4 aromatic rings. The predicted octanol–water partition coefficient (Wildman–Crippen LogP) is 2.44. The average Bonchev–Trinajstić information content (AvgIpc) is 3.42. The molecule has 4 aromatic heterocycles. The van der Waals surface area contributed by atoms with Crippen molar-refractivity contribution in [1.82, 2.24) is 39.5 Å². The number of fused-ring (bicyclic) bond motifs is 6. The predicted molar refractivity (Wildman–Crippen MR) is 153 cm³/mol. The van der Waals surface area contributed by atoms with Crippen LogP contribution in [0.5, 0.6) is 0 Å². The van der Waals surface area contributed by atoms with E-state index in [9.17, 15) is 9.59 Å². The van der Waals surface area contributed by atoms with Crippen LogP contribution in [-0.4, -0.2) is 58.0 Å². The van der Waals surface area contributed by atoms with Gasteiger partial charge in [0.05, 0.1) is 29.4 Å². The van der Waals surface area contributed by atoms with Gasteiger partial charge >= 0.3 is 5.97 Å². The third kappa shape index (κ3) is 4.78. The number of amides is 1. The Morgan fingerprint density at radius 3 is 1.82 bits per heavy atom. The number of rotatable bonds is 3. The van der Waals surface area contributed by atoms with Gasteiger partial charge in [-0.25, -0.2) is 24.7 Å². The fourth-order valence-electron chi connectivity index (χ4n) is 4.83. The lowest BCUT2D eigenvalue weighted by atomic mass is 9.93. The number of aryl methyl sites for hydroxylation is 4. The van der Waals surface area contributed by atoms with Crippen molar-refractivity contribution in [2.45, 2.75) is 32.6 Å². The molecular weight excluding hydrogens is 716 g/mol. The second kappa shape index (κ2) is 10.6. The van der Waals surface area contributed by atoms with Crippen molar-refractivity contribution in [2.24, 2.45) is 19.8 Å². The van der Waals surface area contributed by atoms with Crippen LogP contribution in [0.1, 0.15) is 50.2 Å². The molecule has 0 atom stereocenters. The second-order valence-electron chi connectivity index (χ2n) is 8.71. The number of esters is 1. The van der Waals surface area contributed by atoms with Crippen LogP contribution in [-0.2, 0) is 44.5 Å². The summed E-state index contributed by atoms with van der Waals surface area (Å²) in [6.07, 6.45) is 6.82. The van der Waals surface area contributed by atoms with E-state index in [1.165, 1.54) is 0 Å². The zero-order valence-corrected chi connectivity index (χ0v) is 25.1. The van der Waals surface area contributed by atoms with E-state index in [0.717, 1.165) is 70.7 Å². The Bertz CT molecular complexity index is 1600. The van der Waals surface area contributed by atoms with Crippen molar-refractivity contribution >= 4 is 57.1 Å². The lowest BCUT2D eigenvalue weighted by molar-refractivity contribution is 0.0517. The maximum atomic E-state index is 12.0. The summed E-state index contributed by atoms with van der Waals surface area (Å²) in [5.74, 6) is -0.851. The molecule has 0 bridgehead atoms. The fourth-order valence-corrected chi connectivity index (χ4v) is 5.59. The standard InChI is InChI=1S/C13H13IN4O2.C11H10IN5O/c1-3-20-12(19)10-8-5-4-7-6-15-13(14)16-9(7)11(8)18(2)17-10;1-17-9-6(8(16-17)10(13)18)3-2-5-4-14-11(12)15-7(5)9/h6H,3-5H2,1-2H3;4H,2-3H2,1H3,(H2,13,18). The van der Waals surface area contributed by atoms with Gasteiger partial charge in [0.15, 0.2) is 19.1 Å². The molecule has 4 heterocycles. The molecule has 38 heavy (non-hydrogen) atoms. The maximum absolute atomic E-state index is 12.0. The minimum atomic E-state index is -0.487. The van der Waals surface area contributed by atoms with Gasteiger partial charge < -0.3 is 10.5 Å². The van der Waals surface area contributed by atoms with Gasteiger partial charge in [-0.15, -0.1) is 0 Å². The van der Waals surface area contributed by atoms with Gasteiger partial charge in [-0.3, -0.25) is 14.2 Å². The number of ether oxygens (including phenoxy) is 1. The summed E-state index contributed by atoms with van der Waals surface area (Å²) in [5, 5.41) is 8.52. The number of carbonyl (C=O) groups is 2. The smallest absolute Gasteiger partial charge is 0.359 e. The zero-order valence-electron chi connectivity index (χ0n) is 20.8. The highest BCUT2D eigenvalue weighted by Gasteiger charge is 2.30. The Hall–Kier alpha value is -3.02. The van der Waals surface area contributed by atoms with Gasteiger partial charge in [-0.2, -0.15) is 10.2 Å². The van der Waals surface area contributed by atoms with E-state index in [0.29, 0.717) is 25.7 Å². The Labute approximate surface area is 245 Å². The zero-order chi connectivity index (χ0) is 27.1. The van der Waals surface area contributed by atoms with Gasteiger partial charge in [-0.1, -0.05) is 0 Å². The minimum absolute atomic E-state index is 0.348. The van der Waals surface area contributed by atoms with Crippen molar-refractivity contribution in [3.05, 3.63) is 53.7 Å². The second-order valence-corrected chi connectivity index (χ2v) is 10.6. The van der Waals surface area contributed by atoms with Gasteiger partial charge in [0.25, 0.3) is 5.91 Å². The van der Waals surface area contributed by atoms with Gasteiger partial charge in [0.1, 0.15) is 0 Å². The number of primary amides is 1. The van der Waals surface area contributed by atoms with E-state index < -0.39 is 5.91 Å². The largest absolute Gasteiger partial charge is 0.461 e. The highest BCUT2D eigenvalue weighted by atomic mass is 127. The van der Waals surface area contributed by atoms with E-state index in [4.69, 9.17) is 10.5 Å². The molecule has 0 radical (unpaired) electrons. The van der Waals surface area contributed by atoms with Crippen LogP contribution in [0.3, 0.4) is 0 Å². The van der Waals surface area contributed by atoms with Gasteiger partial charge in [0.2, 0.25) is 0 Å². The van der Waals surface area contributed by atoms with Crippen LogP contribution in [0.2, 0.25) is 0 Å². The Kier molecular flexibility index (Phi) is 7.43. The van der Waals surface area contributed by atoms with Crippen LogP contribution in [0.4, 0.5) is 0 Å². The summed E-state index contributed by atoms with van der Waals surface area (Å²) in [6.45, 7) is 2.14. The summed E-state index contributed by atoms with van der Waals surface area (Å²) in [5.41, 5.74) is 13.6. The summed E-state index contributed by atoms with van der Waals surface area (Å²) in [6, 6.07) is 0. The van der Waals surface area contributed by atoms with Gasteiger partial charge in [-0.05, 0) is 43.7 Å². The summed E-state index contributed by atoms with van der Waals surface area (Å²) in [7, 11) is 3.63. The lowest BCUT2D eigenvalue weighted by Crippen LogP contribution is -2.15. The normalized spacial score (nSPS) is 12.9. The SMILES string of the molecule is CCOC(=O)c1nn(C)c2c1CCc1cnc(I)nc1-2.Cn1nc(C(N)=O)c2c1-c1nc(I)ncc1CC2. The molecular formula is C24H23I2N9O3. The lowest BCUT2D eigenvalue weighted by Gasteiger charge is -2.16. The molecule has 0 fully saturated rings. The molecule has 2 N–H and O–H groups in total. The molecule has 12 nitrogen and oxygen atoms in total. The van der Waals surface area contributed by atoms with Crippen LogP contribution >= 0.6 is 45.2 Å². The number of hydrogen-bond donors (Lipinski definition) is 1. The molecule has 2 aliphatic carbocycles. The molecule has 6 rings (SSSR count). The third-order valence-electron chi connectivity index (χ3n) is 6.40.